The number of likely N-dealkylation sites (N-methyl/N-ethyl adjacent to an activating group) is 1. The first kappa shape index (κ1) is 25.1. The van der Waals surface area contributed by atoms with E-state index >= 15 is 0 Å². The van der Waals surface area contributed by atoms with Gasteiger partial charge in [-0.2, -0.15) is 4.31 Å². The molecule has 2 N–H and O–H groups in total. The summed E-state index contributed by atoms with van der Waals surface area (Å²) in [5, 5.41) is 5.73. The summed E-state index contributed by atoms with van der Waals surface area (Å²) in [4.78, 5) is 14.4. The highest BCUT2D eigenvalue weighted by molar-refractivity contribution is 7.89. The van der Waals surface area contributed by atoms with E-state index in [0.717, 1.165) is 13.1 Å². The fourth-order valence-corrected chi connectivity index (χ4v) is 4.04. The SMILES string of the molecule is CNCC(C)C(=O)Nc1cccc(S(=O)(=O)N2CCN(C)CC2)c1.Cl.Cl. The lowest BCUT2D eigenvalue weighted by atomic mass is 10.1. The fraction of sp³-hybridized carbons (Fsp3) is 0.562. The summed E-state index contributed by atoms with van der Waals surface area (Å²) in [7, 11) is 0.232. The van der Waals surface area contributed by atoms with Crippen LogP contribution in [-0.4, -0.2) is 70.3 Å². The number of carbonyl (C=O) groups excluding carboxylic acids is 1. The molecule has 0 spiro atoms. The Labute approximate surface area is 168 Å². The third-order valence-electron chi connectivity index (χ3n) is 4.16. The lowest BCUT2D eigenvalue weighted by molar-refractivity contribution is -0.119. The van der Waals surface area contributed by atoms with E-state index in [1.807, 2.05) is 14.0 Å². The van der Waals surface area contributed by atoms with Crippen LogP contribution in [0.3, 0.4) is 0 Å². The third kappa shape index (κ3) is 6.37. The topological polar surface area (TPSA) is 81.8 Å². The maximum Gasteiger partial charge on any atom is 0.243 e. The number of rotatable bonds is 6. The van der Waals surface area contributed by atoms with Crippen molar-refractivity contribution >= 4 is 46.4 Å². The molecule has 1 aromatic carbocycles. The molecule has 1 amide bonds. The molecular formula is C16H28Cl2N4O3S. The number of piperazine rings is 1. The first-order valence-electron chi connectivity index (χ1n) is 8.09. The Morgan fingerprint density at radius 1 is 1.19 bits per heavy atom. The molecule has 1 atom stereocenters. The molecule has 1 fully saturated rings. The van der Waals surface area contributed by atoms with Crippen molar-refractivity contribution in [2.45, 2.75) is 11.8 Å². The van der Waals surface area contributed by atoms with Crippen molar-refractivity contribution in [3.63, 3.8) is 0 Å². The minimum Gasteiger partial charge on any atom is -0.326 e. The predicted molar refractivity (Wildman–Crippen MR) is 109 cm³/mol. The van der Waals surface area contributed by atoms with Crippen molar-refractivity contribution in [3.05, 3.63) is 24.3 Å². The van der Waals surface area contributed by atoms with Crippen LogP contribution in [0, 0.1) is 5.92 Å². The zero-order valence-corrected chi connectivity index (χ0v) is 17.7. The van der Waals surface area contributed by atoms with E-state index in [9.17, 15) is 13.2 Å². The zero-order chi connectivity index (χ0) is 17.7. The van der Waals surface area contributed by atoms with Gasteiger partial charge in [-0.05, 0) is 32.3 Å². The molecule has 1 unspecified atom stereocenters. The molecule has 0 aliphatic carbocycles. The molecule has 0 aromatic heterocycles. The van der Waals surface area contributed by atoms with Gasteiger partial charge in [0.05, 0.1) is 4.90 Å². The number of halogens is 2. The van der Waals surface area contributed by atoms with Gasteiger partial charge in [-0.15, -0.1) is 24.8 Å². The van der Waals surface area contributed by atoms with Crippen LogP contribution in [0.25, 0.3) is 0 Å². The minimum atomic E-state index is -3.53. The van der Waals surface area contributed by atoms with Crippen LogP contribution in [0.4, 0.5) is 5.69 Å². The predicted octanol–water partition coefficient (Wildman–Crippen LogP) is 1.26. The van der Waals surface area contributed by atoms with Crippen molar-refractivity contribution in [1.82, 2.24) is 14.5 Å². The normalized spacial score (nSPS) is 16.9. The van der Waals surface area contributed by atoms with Crippen molar-refractivity contribution in [2.24, 2.45) is 5.92 Å². The molecule has 1 heterocycles. The Kier molecular flexibility index (Phi) is 10.7. The summed E-state index contributed by atoms with van der Waals surface area (Å²) in [6.45, 7) is 4.78. The quantitative estimate of drug-likeness (QED) is 0.715. The van der Waals surface area contributed by atoms with E-state index in [1.54, 1.807) is 25.2 Å². The average Bonchev–Trinajstić information content (AvgIpc) is 2.55. The Morgan fingerprint density at radius 3 is 2.38 bits per heavy atom. The zero-order valence-electron chi connectivity index (χ0n) is 15.3. The maximum absolute atomic E-state index is 12.8. The van der Waals surface area contributed by atoms with Crippen LogP contribution in [0.15, 0.2) is 29.2 Å². The lowest BCUT2D eigenvalue weighted by Gasteiger charge is -2.31. The fourth-order valence-electron chi connectivity index (χ4n) is 2.58. The second-order valence-electron chi connectivity index (χ2n) is 6.18. The molecule has 1 aromatic rings. The second kappa shape index (κ2) is 11.1. The van der Waals surface area contributed by atoms with Crippen LogP contribution in [0.1, 0.15) is 6.92 Å². The minimum absolute atomic E-state index is 0. The number of nitrogens with zero attached hydrogens (tertiary/aromatic N) is 2. The Morgan fingerprint density at radius 2 is 1.81 bits per heavy atom. The molecule has 0 bridgehead atoms. The first-order chi connectivity index (χ1) is 11.3. The van der Waals surface area contributed by atoms with Crippen molar-refractivity contribution in [2.75, 3.05) is 52.1 Å². The molecule has 1 aliphatic heterocycles. The highest BCUT2D eigenvalue weighted by Gasteiger charge is 2.27. The van der Waals surface area contributed by atoms with Gasteiger partial charge in [0.2, 0.25) is 15.9 Å². The summed E-state index contributed by atoms with van der Waals surface area (Å²) in [6, 6.07) is 6.45. The van der Waals surface area contributed by atoms with Gasteiger partial charge in [0, 0.05) is 44.3 Å². The second-order valence-corrected chi connectivity index (χ2v) is 8.12. The molecule has 150 valence electrons. The number of carbonyl (C=O) groups is 1. The summed E-state index contributed by atoms with van der Waals surface area (Å²) in [6.07, 6.45) is 0. The smallest absolute Gasteiger partial charge is 0.243 e. The van der Waals surface area contributed by atoms with E-state index in [0.29, 0.717) is 25.3 Å². The maximum atomic E-state index is 12.8. The number of benzene rings is 1. The van der Waals surface area contributed by atoms with Crippen molar-refractivity contribution in [3.8, 4) is 0 Å². The molecule has 0 radical (unpaired) electrons. The van der Waals surface area contributed by atoms with Crippen LogP contribution < -0.4 is 10.6 Å². The summed E-state index contributed by atoms with van der Waals surface area (Å²) in [5.74, 6) is -0.341. The van der Waals surface area contributed by atoms with Gasteiger partial charge < -0.3 is 15.5 Å². The molecule has 7 nitrogen and oxygen atoms in total. The van der Waals surface area contributed by atoms with Gasteiger partial charge >= 0.3 is 0 Å². The molecular weight excluding hydrogens is 399 g/mol. The van der Waals surface area contributed by atoms with Gasteiger partial charge in [-0.1, -0.05) is 13.0 Å². The van der Waals surface area contributed by atoms with Crippen LogP contribution in [-0.2, 0) is 14.8 Å². The van der Waals surface area contributed by atoms with Crippen molar-refractivity contribution in [1.29, 1.82) is 0 Å². The largest absolute Gasteiger partial charge is 0.326 e. The Balaban J connectivity index is 0.00000312. The highest BCUT2D eigenvalue weighted by Crippen LogP contribution is 2.21. The van der Waals surface area contributed by atoms with Gasteiger partial charge in [0.15, 0.2) is 0 Å². The monoisotopic (exact) mass is 426 g/mol. The van der Waals surface area contributed by atoms with E-state index < -0.39 is 10.0 Å². The van der Waals surface area contributed by atoms with E-state index in [-0.39, 0.29) is 41.5 Å². The molecule has 1 aliphatic rings. The molecule has 10 heteroatoms. The molecule has 1 saturated heterocycles. The summed E-state index contributed by atoms with van der Waals surface area (Å²) < 4.78 is 27.0. The average molecular weight is 427 g/mol. The van der Waals surface area contributed by atoms with Crippen LogP contribution in [0.5, 0.6) is 0 Å². The lowest BCUT2D eigenvalue weighted by Crippen LogP contribution is -2.47. The third-order valence-corrected chi connectivity index (χ3v) is 6.05. The van der Waals surface area contributed by atoms with E-state index in [4.69, 9.17) is 0 Å². The van der Waals surface area contributed by atoms with Crippen LogP contribution >= 0.6 is 24.8 Å². The Hall–Kier alpha value is -0.900. The van der Waals surface area contributed by atoms with Crippen molar-refractivity contribution < 1.29 is 13.2 Å². The number of hydrogen-bond acceptors (Lipinski definition) is 5. The number of nitrogens with one attached hydrogen (secondary N) is 2. The summed E-state index contributed by atoms with van der Waals surface area (Å²) >= 11 is 0. The number of hydrogen-bond donors (Lipinski definition) is 2. The standard InChI is InChI=1S/C16H26N4O3S.2ClH/c1-13(12-17-2)16(21)18-14-5-4-6-15(11-14)24(22,23)20-9-7-19(3)8-10-20;;/h4-6,11,13,17H,7-10,12H2,1-3H3,(H,18,21);2*1H. The van der Waals surface area contributed by atoms with E-state index in [1.165, 1.54) is 10.4 Å². The number of anilines is 1. The Bertz CT molecular complexity index is 680. The van der Waals surface area contributed by atoms with Gasteiger partial charge in [-0.3, -0.25) is 4.79 Å². The van der Waals surface area contributed by atoms with E-state index in [2.05, 4.69) is 15.5 Å². The van der Waals surface area contributed by atoms with Crippen LogP contribution in [0.2, 0.25) is 0 Å². The van der Waals surface area contributed by atoms with Gasteiger partial charge in [0.1, 0.15) is 0 Å². The molecule has 2 rings (SSSR count). The van der Waals surface area contributed by atoms with Gasteiger partial charge in [0.25, 0.3) is 0 Å². The molecule has 0 saturated carbocycles. The number of sulfonamides is 1. The highest BCUT2D eigenvalue weighted by atomic mass is 35.5. The molecule has 26 heavy (non-hydrogen) atoms. The van der Waals surface area contributed by atoms with Gasteiger partial charge in [-0.25, -0.2) is 8.42 Å². The number of amides is 1. The first-order valence-corrected chi connectivity index (χ1v) is 9.53. The summed E-state index contributed by atoms with van der Waals surface area (Å²) in [5.41, 5.74) is 0.498.